The summed E-state index contributed by atoms with van der Waals surface area (Å²) in [6.07, 6.45) is 2.67. The second kappa shape index (κ2) is 4.78. The third-order valence-electron chi connectivity index (χ3n) is 3.75. The molecule has 3 rings (SSSR count). The van der Waals surface area contributed by atoms with Crippen LogP contribution < -0.4 is 4.90 Å². The smallest absolute Gasteiger partial charge is 0.151 e. The van der Waals surface area contributed by atoms with Crippen molar-refractivity contribution in [3.63, 3.8) is 0 Å². The van der Waals surface area contributed by atoms with Gasteiger partial charge >= 0.3 is 0 Å². The first kappa shape index (κ1) is 11.2. The first-order valence-electron chi connectivity index (χ1n) is 6.24. The highest BCUT2D eigenvalue weighted by molar-refractivity contribution is 6.16. The first-order valence-corrected chi connectivity index (χ1v) is 6.78. The van der Waals surface area contributed by atoms with E-state index in [0.29, 0.717) is 5.88 Å². The van der Waals surface area contributed by atoms with E-state index in [1.54, 1.807) is 0 Å². The molecule has 0 spiro atoms. The number of piperazine rings is 1. The van der Waals surface area contributed by atoms with Crippen LogP contribution in [0.5, 0.6) is 0 Å². The predicted molar refractivity (Wildman–Crippen MR) is 68.4 cm³/mol. The molecule has 1 atom stereocenters. The summed E-state index contributed by atoms with van der Waals surface area (Å²) in [5, 5.41) is 8.38. The van der Waals surface area contributed by atoms with Gasteiger partial charge in [0.2, 0.25) is 0 Å². The van der Waals surface area contributed by atoms with Gasteiger partial charge < -0.3 is 4.90 Å². The van der Waals surface area contributed by atoms with E-state index in [4.69, 9.17) is 11.6 Å². The highest BCUT2D eigenvalue weighted by Crippen LogP contribution is 2.24. The number of rotatable bonds is 2. The minimum atomic E-state index is 0.434. The Morgan fingerprint density at radius 1 is 1.24 bits per heavy atom. The summed E-state index contributed by atoms with van der Waals surface area (Å²) in [5.74, 6) is 1.43. The van der Waals surface area contributed by atoms with Gasteiger partial charge in [0.15, 0.2) is 5.82 Å². The fourth-order valence-electron chi connectivity index (χ4n) is 2.79. The van der Waals surface area contributed by atoms with Gasteiger partial charge in [-0.3, -0.25) is 4.90 Å². The molecule has 17 heavy (non-hydrogen) atoms. The summed E-state index contributed by atoms with van der Waals surface area (Å²) < 4.78 is 0. The Kier molecular flexibility index (Phi) is 3.16. The van der Waals surface area contributed by atoms with Gasteiger partial charge in [-0.05, 0) is 31.5 Å². The predicted octanol–water partition coefficient (Wildman–Crippen LogP) is 1.50. The summed E-state index contributed by atoms with van der Waals surface area (Å²) in [6, 6.07) is 4.73. The lowest BCUT2D eigenvalue weighted by molar-refractivity contribution is 0.230. The Balaban J connectivity index is 1.71. The molecule has 0 aliphatic carbocycles. The summed E-state index contributed by atoms with van der Waals surface area (Å²) in [6.45, 7) is 4.58. The minimum Gasteiger partial charge on any atom is -0.352 e. The largest absolute Gasteiger partial charge is 0.352 e. The zero-order valence-corrected chi connectivity index (χ0v) is 10.6. The van der Waals surface area contributed by atoms with Gasteiger partial charge in [0.25, 0.3) is 0 Å². The van der Waals surface area contributed by atoms with Gasteiger partial charge in [-0.2, -0.15) is 5.10 Å². The summed E-state index contributed by atoms with van der Waals surface area (Å²) in [7, 11) is 0. The van der Waals surface area contributed by atoms with Gasteiger partial charge in [-0.15, -0.1) is 16.7 Å². The fourth-order valence-corrected chi connectivity index (χ4v) is 2.93. The maximum atomic E-state index is 5.72. The lowest BCUT2D eigenvalue weighted by Crippen LogP contribution is -2.50. The van der Waals surface area contributed by atoms with Crippen LogP contribution in [0.15, 0.2) is 12.1 Å². The maximum Gasteiger partial charge on any atom is 0.151 e. The van der Waals surface area contributed by atoms with Crippen LogP contribution in [0.4, 0.5) is 5.82 Å². The third kappa shape index (κ3) is 2.24. The van der Waals surface area contributed by atoms with E-state index in [1.807, 2.05) is 12.1 Å². The number of hydrogen-bond donors (Lipinski definition) is 0. The topological polar surface area (TPSA) is 32.3 Å². The molecule has 92 valence electrons. The number of nitrogens with zero attached hydrogens (tertiary/aromatic N) is 4. The van der Waals surface area contributed by atoms with Crippen LogP contribution in [0.3, 0.4) is 0 Å². The van der Waals surface area contributed by atoms with Gasteiger partial charge in [0.1, 0.15) is 0 Å². The van der Waals surface area contributed by atoms with Crippen molar-refractivity contribution in [3.8, 4) is 0 Å². The Labute approximate surface area is 107 Å². The molecule has 0 bridgehead atoms. The number of anilines is 1. The zero-order chi connectivity index (χ0) is 11.7. The molecule has 1 aromatic heterocycles. The van der Waals surface area contributed by atoms with Crippen LogP contribution in [-0.4, -0.2) is 47.3 Å². The molecule has 2 aliphatic rings. The van der Waals surface area contributed by atoms with Crippen molar-refractivity contribution in [1.29, 1.82) is 0 Å². The molecule has 2 fully saturated rings. The highest BCUT2D eigenvalue weighted by atomic mass is 35.5. The molecule has 1 aromatic rings. The maximum absolute atomic E-state index is 5.72. The lowest BCUT2D eigenvalue weighted by atomic mass is 10.1. The molecule has 1 unspecified atom stereocenters. The second-order valence-corrected chi connectivity index (χ2v) is 5.06. The average molecular weight is 253 g/mol. The molecule has 0 N–H and O–H groups in total. The van der Waals surface area contributed by atoms with Crippen molar-refractivity contribution >= 4 is 17.4 Å². The molecular weight excluding hydrogens is 236 g/mol. The van der Waals surface area contributed by atoms with E-state index in [0.717, 1.165) is 37.2 Å². The van der Waals surface area contributed by atoms with Gasteiger partial charge in [-0.1, -0.05) is 0 Å². The summed E-state index contributed by atoms with van der Waals surface area (Å²) >= 11 is 5.72. The van der Waals surface area contributed by atoms with E-state index in [1.165, 1.54) is 19.4 Å². The quantitative estimate of drug-likeness (QED) is 0.747. The number of hydrogen-bond acceptors (Lipinski definition) is 4. The van der Waals surface area contributed by atoms with Gasteiger partial charge in [0, 0.05) is 25.7 Å². The van der Waals surface area contributed by atoms with Gasteiger partial charge in [-0.25, -0.2) is 0 Å². The molecule has 5 heteroatoms. The summed E-state index contributed by atoms with van der Waals surface area (Å²) in [4.78, 5) is 4.94. The van der Waals surface area contributed by atoms with E-state index in [2.05, 4.69) is 20.0 Å². The zero-order valence-electron chi connectivity index (χ0n) is 9.85. The fraction of sp³-hybridized carbons (Fsp3) is 0.667. The highest BCUT2D eigenvalue weighted by Gasteiger charge is 2.30. The second-order valence-electron chi connectivity index (χ2n) is 4.79. The molecule has 3 heterocycles. The van der Waals surface area contributed by atoms with E-state index >= 15 is 0 Å². The SMILES string of the molecule is ClCc1ccc(N2CCN3CCCC3C2)nn1. The van der Waals surface area contributed by atoms with E-state index < -0.39 is 0 Å². The van der Waals surface area contributed by atoms with Crippen LogP contribution >= 0.6 is 11.6 Å². The Bertz CT molecular complexity index is 381. The first-order chi connectivity index (χ1) is 8.36. The Hall–Kier alpha value is -0.870. The van der Waals surface area contributed by atoms with Crippen molar-refractivity contribution in [1.82, 2.24) is 15.1 Å². The molecule has 0 amide bonds. The number of fused-ring (bicyclic) bond motifs is 1. The molecule has 0 radical (unpaired) electrons. The molecule has 2 aliphatic heterocycles. The van der Waals surface area contributed by atoms with E-state index in [-0.39, 0.29) is 0 Å². The number of alkyl halides is 1. The molecule has 4 nitrogen and oxygen atoms in total. The number of aromatic nitrogens is 2. The third-order valence-corrected chi connectivity index (χ3v) is 4.03. The lowest BCUT2D eigenvalue weighted by Gasteiger charge is -2.37. The molecule has 0 saturated carbocycles. The van der Waals surface area contributed by atoms with Crippen LogP contribution in [0.25, 0.3) is 0 Å². The molecular formula is C12H17ClN4. The van der Waals surface area contributed by atoms with Crippen molar-refractivity contribution in [2.45, 2.75) is 24.8 Å². The van der Waals surface area contributed by atoms with E-state index in [9.17, 15) is 0 Å². The van der Waals surface area contributed by atoms with Crippen LogP contribution in [-0.2, 0) is 5.88 Å². The normalized spacial score (nSPS) is 25.0. The average Bonchev–Trinajstić information content (AvgIpc) is 2.86. The van der Waals surface area contributed by atoms with Crippen molar-refractivity contribution in [2.24, 2.45) is 0 Å². The monoisotopic (exact) mass is 252 g/mol. The van der Waals surface area contributed by atoms with Crippen molar-refractivity contribution < 1.29 is 0 Å². The van der Waals surface area contributed by atoms with Crippen LogP contribution in [0.1, 0.15) is 18.5 Å². The summed E-state index contributed by atoms with van der Waals surface area (Å²) in [5.41, 5.74) is 0.843. The minimum absolute atomic E-state index is 0.434. The van der Waals surface area contributed by atoms with Gasteiger partial charge in [0.05, 0.1) is 11.6 Å². The van der Waals surface area contributed by atoms with Crippen LogP contribution in [0.2, 0.25) is 0 Å². The standard InChI is InChI=1S/C12H17ClN4/c13-8-10-3-4-12(15-14-10)17-7-6-16-5-1-2-11(16)9-17/h3-4,11H,1-2,5-9H2. The Morgan fingerprint density at radius 3 is 2.94 bits per heavy atom. The number of halogens is 1. The van der Waals surface area contributed by atoms with Crippen LogP contribution in [0, 0.1) is 0 Å². The molecule has 0 aromatic carbocycles. The van der Waals surface area contributed by atoms with Crippen molar-refractivity contribution in [3.05, 3.63) is 17.8 Å². The van der Waals surface area contributed by atoms with Crippen molar-refractivity contribution in [2.75, 3.05) is 31.1 Å². The Morgan fingerprint density at radius 2 is 2.18 bits per heavy atom. The molecule has 2 saturated heterocycles.